The van der Waals surface area contributed by atoms with Gasteiger partial charge in [0, 0.05) is 5.25 Å². The maximum atomic E-state index is 10.6. The summed E-state index contributed by atoms with van der Waals surface area (Å²) in [6.07, 6.45) is 6.59. The zero-order valence-corrected chi connectivity index (χ0v) is 15.8. The van der Waals surface area contributed by atoms with Gasteiger partial charge in [0.25, 0.3) is 0 Å². The molecule has 0 saturated carbocycles. The molecule has 0 saturated heterocycles. The van der Waals surface area contributed by atoms with Gasteiger partial charge < -0.3 is 9.66 Å². The van der Waals surface area contributed by atoms with E-state index in [2.05, 4.69) is 0 Å². The first kappa shape index (κ1) is 21.8. The molecule has 0 radical (unpaired) electrons. The summed E-state index contributed by atoms with van der Waals surface area (Å²) in [6, 6.07) is 0. The monoisotopic (exact) mass is 304 g/mol. The minimum absolute atomic E-state index is 0. The van der Waals surface area contributed by atoms with Gasteiger partial charge in [0.05, 0.1) is 16.2 Å². The van der Waals surface area contributed by atoms with Gasteiger partial charge in [-0.2, -0.15) is 0 Å². The molecule has 4 nitrogen and oxygen atoms in total. The van der Waals surface area contributed by atoms with Gasteiger partial charge in [-0.25, -0.2) is 8.42 Å². The van der Waals surface area contributed by atoms with Crippen LogP contribution in [0.15, 0.2) is 0 Å². The van der Waals surface area contributed by atoms with Crippen LogP contribution in [0.4, 0.5) is 0 Å². The number of rotatable bonds is 10. The van der Waals surface area contributed by atoms with Gasteiger partial charge in [-0.15, -0.1) is 0 Å². The molecule has 0 aromatic carbocycles. The fraction of sp³-hybridized carbons (Fsp3) is 1.00. The molecule has 0 aromatic rings. The zero-order valence-electron chi connectivity index (χ0n) is 11.9. The van der Waals surface area contributed by atoms with Crippen molar-refractivity contribution in [1.29, 1.82) is 0 Å². The van der Waals surface area contributed by atoms with Crippen molar-refractivity contribution < 1.29 is 69.5 Å². The number of unbranched alkanes of at least 4 members (excludes halogenated alkanes) is 3. The van der Waals surface area contributed by atoms with E-state index in [-0.39, 0.29) is 57.5 Å². The van der Waals surface area contributed by atoms with Gasteiger partial charge in [-0.1, -0.05) is 39.0 Å². The fourth-order valence-electron chi connectivity index (χ4n) is 1.79. The number of hydrogen-bond acceptors (Lipinski definition) is 4. The standard InChI is InChI=1S/C12H26O4S.K/c1-3-8-12(13)10-7-5-4-6-9-11(2)17(14,15)16;/h11-13H,3-10H2,1-2H3,(H,14,15,16);/q;+1/p-1. The number of aliphatic hydroxyl groups excluding tert-OH is 1. The van der Waals surface area contributed by atoms with Crippen LogP contribution in [0, 0.1) is 0 Å². The first-order valence-electron chi connectivity index (χ1n) is 6.50. The molecule has 0 aliphatic carbocycles. The Kier molecular flexibility index (Phi) is 14.9. The normalized spacial score (nSPS) is 14.9. The van der Waals surface area contributed by atoms with E-state index in [1.54, 1.807) is 0 Å². The van der Waals surface area contributed by atoms with E-state index in [4.69, 9.17) is 0 Å². The molecule has 2 atom stereocenters. The van der Waals surface area contributed by atoms with Gasteiger partial charge in [0.15, 0.2) is 0 Å². The van der Waals surface area contributed by atoms with Gasteiger partial charge >= 0.3 is 51.4 Å². The van der Waals surface area contributed by atoms with Crippen LogP contribution in [0.3, 0.4) is 0 Å². The van der Waals surface area contributed by atoms with Crippen LogP contribution in [-0.4, -0.2) is 29.4 Å². The summed E-state index contributed by atoms with van der Waals surface area (Å²) in [6.45, 7) is 3.52. The van der Waals surface area contributed by atoms with E-state index in [1.165, 1.54) is 6.92 Å². The van der Waals surface area contributed by atoms with Crippen molar-refractivity contribution in [2.45, 2.75) is 76.6 Å². The number of aliphatic hydroxyl groups is 1. The average molecular weight is 304 g/mol. The maximum Gasteiger partial charge on any atom is 1.00 e. The van der Waals surface area contributed by atoms with Crippen LogP contribution < -0.4 is 51.4 Å². The molecular formula is C12H25KO4S. The summed E-state index contributed by atoms with van der Waals surface area (Å²) in [5.41, 5.74) is 0. The molecule has 104 valence electrons. The van der Waals surface area contributed by atoms with Crippen molar-refractivity contribution in [3.63, 3.8) is 0 Å². The van der Waals surface area contributed by atoms with E-state index in [0.29, 0.717) is 6.42 Å². The van der Waals surface area contributed by atoms with Crippen molar-refractivity contribution in [3.05, 3.63) is 0 Å². The second-order valence-electron chi connectivity index (χ2n) is 4.74. The molecule has 18 heavy (non-hydrogen) atoms. The van der Waals surface area contributed by atoms with Gasteiger partial charge in [0.1, 0.15) is 0 Å². The van der Waals surface area contributed by atoms with Gasteiger partial charge in [0.2, 0.25) is 0 Å². The summed E-state index contributed by atoms with van der Waals surface area (Å²) < 4.78 is 31.9. The molecular weight excluding hydrogens is 279 g/mol. The molecule has 0 bridgehead atoms. The molecule has 0 rings (SSSR count). The van der Waals surface area contributed by atoms with Crippen molar-refractivity contribution in [2.75, 3.05) is 0 Å². The van der Waals surface area contributed by atoms with Crippen molar-refractivity contribution in [2.24, 2.45) is 0 Å². The van der Waals surface area contributed by atoms with Gasteiger partial charge in [-0.3, -0.25) is 0 Å². The number of hydrogen-bond donors (Lipinski definition) is 1. The second kappa shape index (κ2) is 12.3. The van der Waals surface area contributed by atoms with Crippen LogP contribution in [0.1, 0.15) is 65.2 Å². The van der Waals surface area contributed by atoms with E-state index in [9.17, 15) is 18.1 Å². The van der Waals surface area contributed by atoms with Crippen molar-refractivity contribution in [1.82, 2.24) is 0 Å². The van der Waals surface area contributed by atoms with E-state index in [0.717, 1.165) is 44.9 Å². The summed E-state index contributed by atoms with van der Waals surface area (Å²) >= 11 is 0. The van der Waals surface area contributed by atoms with E-state index < -0.39 is 15.4 Å². The Hall–Kier alpha value is 1.51. The molecule has 0 aliphatic rings. The first-order valence-corrected chi connectivity index (χ1v) is 7.97. The minimum Gasteiger partial charge on any atom is -0.748 e. The smallest absolute Gasteiger partial charge is 0.748 e. The quantitative estimate of drug-likeness (QED) is 0.333. The topological polar surface area (TPSA) is 77.4 Å². The van der Waals surface area contributed by atoms with Crippen LogP contribution in [0.2, 0.25) is 0 Å². The Morgan fingerprint density at radius 2 is 1.56 bits per heavy atom. The molecule has 0 amide bonds. The Morgan fingerprint density at radius 1 is 1.06 bits per heavy atom. The van der Waals surface area contributed by atoms with Crippen LogP contribution in [0.25, 0.3) is 0 Å². The second-order valence-corrected chi connectivity index (χ2v) is 6.53. The molecule has 6 heteroatoms. The largest absolute Gasteiger partial charge is 1.00 e. The molecule has 2 unspecified atom stereocenters. The van der Waals surface area contributed by atoms with Crippen molar-refractivity contribution in [3.8, 4) is 0 Å². The Labute approximate surface area is 154 Å². The maximum absolute atomic E-state index is 10.6. The van der Waals surface area contributed by atoms with Gasteiger partial charge in [-0.05, 0) is 26.2 Å². The Balaban J connectivity index is 0. The van der Waals surface area contributed by atoms with Crippen molar-refractivity contribution >= 4 is 10.1 Å². The first-order chi connectivity index (χ1) is 7.88. The summed E-state index contributed by atoms with van der Waals surface area (Å²) in [5.74, 6) is 0. The third-order valence-electron chi connectivity index (χ3n) is 3.01. The molecule has 0 heterocycles. The molecule has 0 fully saturated rings. The predicted molar refractivity (Wildman–Crippen MR) is 67.8 cm³/mol. The Bertz CT molecular complexity index is 280. The summed E-state index contributed by atoms with van der Waals surface area (Å²) in [4.78, 5) is 0. The summed E-state index contributed by atoms with van der Waals surface area (Å²) in [5, 5.41) is 8.71. The van der Waals surface area contributed by atoms with Crippen LogP contribution in [-0.2, 0) is 10.1 Å². The zero-order chi connectivity index (χ0) is 13.3. The third-order valence-corrected chi connectivity index (χ3v) is 4.23. The molecule has 1 N–H and O–H groups in total. The fourth-order valence-corrected chi connectivity index (χ4v) is 2.24. The molecule has 0 spiro atoms. The summed E-state index contributed by atoms with van der Waals surface area (Å²) in [7, 11) is -4.11. The Morgan fingerprint density at radius 3 is 2.00 bits per heavy atom. The molecule has 0 aromatic heterocycles. The average Bonchev–Trinajstić information content (AvgIpc) is 2.21. The van der Waals surface area contributed by atoms with Crippen LogP contribution in [0.5, 0.6) is 0 Å². The van der Waals surface area contributed by atoms with E-state index in [1.807, 2.05) is 6.92 Å². The SMILES string of the molecule is CCCC(O)CCCCCCC(C)S(=O)(=O)[O-].[K+]. The van der Waals surface area contributed by atoms with E-state index >= 15 is 0 Å². The van der Waals surface area contributed by atoms with Crippen LogP contribution >= 0.6 is 0 Å². The molecule has 0 aliphatic heterocycles. The minimum atomic E-state index is -4.11. The third kappa shape index (κ3) is 12.5. The predicted octanol–water partition coefficient (Wildman–Crippen LogP) is -0.574.